The second-order valence-electron chi connectivity index (χ2n) is 4.22. The van der Waals surface area contributed by atoms with E-state index in [-0.39, 0.29) is 0 Å². The molecule has 1 heterocycles. The normalized spacial score (nSPS) is 15.3. The largest absolute Gasteiger partial charge is 0.384 e. The molecule has 15 heavy (non-hydrogen) atoms. The van der Waals surface area contributed by atoms with Crippen LogP contribution < -0.4 is 5.32 Å². The summed E-state index contributed by atoms with van der Waals surface area (Å²) in [6, 6.07) is 8.73. The Hall–Kier alpha value is -1.50. The van der Waals surface area contributed by atoms with Crippen molar-refractivity contribution in [2.45, 2.75) is 20.3 Å². The number of aryl methyl sites for hydroxylation is 1. The number of dihydropyridines is 1. The average Bonchev–Trinajstić information content (AvgIpc) is 2.25. The van der Waals surface area contributed by atoms with E-state index >= 15 is 0 Å². The van der Waals surface area contributed by atoms with E-state index in [0.717, 1.165) is 13.0 Å². The van der Waals surface area contributed by atoms with E-state index < -0.39 is 0 Å². The highest BCUT2D eigenvalue weighted by molar-refractivity contribution is 5.29. The van der Waals surface area contributed by atoms with Gasteiger partial charge in [0.05, 0.1) is 0 Å². The number of hydrogen-bond donors (Lipinski definition) is 1. The summed E-state index contributed by atoms with van der Waals surface area (Å²) in [6.45, 7) is 5.25. The molecule has 0 atom stereocenters. The molecule has 0 spiro atoms. The zero-order valence-electron chi connectivity index (χ0n) is 9.38. The minimum absolute atomic E-state index is 0.984. The van der Waals surface area contributed by atoms with E-state index in [0.29, 0.717) is 0 Å². The maximum Gasteiger partial charge on any atom is 0.0357 e. The van der Waals surface area contributed by atoms with Gasteiger partial charge in [0.2, 0.25) is 0 Å². The van der Waals surface area contributed by atoms with Crippen LogP contribution in [0.1, 0.15) is 18.1 Å². The minimum Gasteiger partial charge on any atom is -0.384 e. The van der Waals surface area contributed by atoms with Gasteiger partial charge in [-0.15, -0.1) is 0 Å². The SMILES string of the molecule is CC1=CC=C(Cc2ccc(C)cc2)NC1. The number of rotatable bonds is 2. The molecule has 1 heteroatoms. The molecule has 0 fully saturated rings. The molecule has 1 aliphatic heterocycles. The second-order valence-corrected chi connectivity index (χ2v) is 4.22. The fraction of sp³-hybridized carbons (Fsp3) is 0.286. The van der Waals surface area contributed by atoms with Crippen molar-refractivity contribution in [1.82, 2.24) is 5.32 Å². The van der Waals surface area contributed by atoms with Gasteiger partial charge >= 0.3 is 0 Å². The van der Waals surface area contributed by atoms with Gasteiger partial charge < -0.3 is 5.32 Å². The number of nitrogens with one attached hydrogen (secondary N) is 1. The molecule has 0 amide bonds. The van der Waals surface area contributed by atoms with Gasteiger partial charge in [0.1, 0.15) is 0 Å². The first-order valence-electron chi connectivity index (χ1n) is 5.40. The van der Waals surface area contributed by atoms with E-state index in [2.05, 4.69) is 55.6 Å². The maximum atomic E-state index is 3.42. The van der Waals surface area contributed by atoms with Gasteiger partial charge in [-0.1, -0.05) is 41.5 Å². The maximum absolute atomic E-state index is 3.42. The molecule has 0 bridgehead atoms. The molecule has 0 saturated carbocycles. The molecule has 78 valence electrons. The van der Waals surface area contributed by atoms with Gasteiger partial charge in [-0.3, -0.25) is 0 Å². The number of hydrogen-bond acceptors (Lipinski definition) is 1. The van der Waals surface area contributed by atoms with E-state index in [9.17, 15) is 0 Å². The van der Waals surface area contributed by atoms with E-state index in [1.54, 1.807) is 0 Å². The quantitative estimate of drug-likeness (QED) is 0.772. The molecule has 1 nitrogen and oxygen atoms in total. The summed E-state index contributed by atoms with van der Waals surface area (Å²) in [5.74, 6) is 0. The third-order valence-corrected chi connectivity index (χ3v) is 2.68. The third kappa shape index (κ3) is 2.72. The van der Waals surface area contributed by atoms with Crippen LogP contribution in [0.4, 0.5) is 0 Å². The van der Waals surface area contributed by atoms with Crippen molar-refractivity contribution in [3.63, 3.8) is 0 Å². The third-order valence-electron chi connectivity index (χ3n) is 2.68. The molecule has 0 aromatic heterocycles. The Balaban J connectivity index is 2.06. The fourth-order valence-corrected chi connectivity index (χ4v) is 1.66. The Morgan fingerprint density at radius 2 is 1.80 bits per heavy atom. The second kappa shape index (κ2) is 4.35. The van der Waals surface area contributed by atoms with Gasteiger partial charge in [-0.05, 0) is 25.5 Å². The van der Waals surface area contributed by atoms with Crippen LogP contribution in [-0.4, -0.2) is 6.54 Å². The minimum atomic E-state index is 0.984. The summed E-state index contributed by atoms with van der Waals surface area (Å²) < 4.78 is 0. The first-order chi connectivity index (χ1) is 7.24. The van der Waals surface area contributed by atoms with Crippen molar-refractivity contribution < 1.29 is 0 Å². The number of benzene rings is 1. The van der Waals surface area contributed by atoms with Crippen molar-refractivity contribution in [1.29, 1.82) is 0 Å². The summed E-state index contributed by atoms with van der Waals surface area (Å²) in [4.78, 5) is 0. The lowest BCUT2D eigenvalue weighted by Gasteiger charge is -2.15. The molecule has 0 unspecified atom stereocenters. The van der Waals surface area contributed by atoms with E-state index in [1.807, 2.05) is 0 Å². The number of allylic oxidation sites excluding steroid dienone is 3. The molecule has 0 saturated heterocycles. The predicted octanol–water partition coefficient (Wildman–Crippen LogP) is 2.97. The van der Waals surface area contributed by atoms with Gasteiger partial charge in [0.15, 0.2) is 0 Å². The van der Waals surface area contributed by atoms with E-state index in [1.165, 1.54) is 22.4 Å². The van der Waals surface area contributed by atoms with Crippen LogP contribution in [0, 0.1) is 6.92 Å². The zero-order chi connectivity index (χ0) is 10.7. The van der Waals surface area contributed by atoms with Crippen molar-refractivity contribution in [2.75, 3.05) is 6.54 Å². The molecule has 2 rings (SSSR count). The molecule has 1 N–H and O–H groups in total. The van der Waals surface area contributed by atoms with Crippen LogP contribution in [0.5, 0.6) is 0 Å². The highest BCUT2D eigenvalue weighted by Crippen LogP contribution is 2.11. The Bertz CT molecular complexity index is 396. The van der Waals surface area contributed by atoms with Crippen molar-refractivity contribution in [3.8, 4) is 0 Å². The van der Waals surface area contributed by atoms with Crippen LogP contribution in [0.15, 0.2) is 47.7 Å². The molecular weight excluding hydrogens is 182 g/mol. The van der Waals surface area contributed by atoms with Crippen LogP contribution in [0.3, 0.4) is 0 Å². The molecule has 0 radical (unpaired) electrons. The van der Waals surface area contributed by atoms with Crippen LogP contribution in [0.25, 0.3) is 0 Å². The standard InChI is InChI=1S/C14H17N/c1-11-3-6-13(7-4-11)9-14-8-5-12(2)10-15-14/h3-8,15H,9-10H2,1-2H3. The summed E-state index contributed by atoms with van der Waals surface area (Å²) in [5, 5.41) is 3.42. The molecule has 1 aromatic carbocycles. The lowest BCUT2D eigenvalue weighted by atomic mass is 10.1. The van der Waals surface area contributed by atoms with Crippen molar-refractivity contribution in [2.24, 2.45) is 0 Å². The van der Waals surface area contributed by atoms with Crippen LogP contribution in [-0.2, 0) is 6.42 Å². The predicted molar refractivity (Wildman–Crippen MR) is 64.7 cm³/mol. The first-order valence-corrected chi connectivity index (χ1v) is 5.40. The highest BCUT2D eigenvalue weighted by Gasteiger charge is 2.02. The lowest BCUT2D eigenvalue weighted by molar-refractivity contribution is 0.817. The topological polar surface area (TPSA) is 12.0 Å². The fourth-order valence-electron chi connectivity index (χ4n) is 1.66. The van der Waals surface area contributed by atoms with Gasteiger partial charge in [-0.25, -0.2) is 0 Å². The Morgan fingerprint density at radius 1 is 1.07 bits per heavy atom. The summed E-state index contributed by atoms with van der Waals surface area (Å²) in [6.07, 6.45) is 5.38. The van der Waals surface area contributed by atoms with E-state index in [4.69, 9.17) is 0 Å². The first kappa shape index (κ1) is 10.0. The molecule has 1 aromatic rings. The summed E-state index contributed by atoms with van der Waals surface area (Å²) >= 11 is 0. The lowest BCUT2D eigenvalue weighted by Crippen LogP contribution is -2.19. The smallest absolute Gasteiger partial charge is 0.0357 e. The van der Waals surface area contributed by atoms with Crippen molar-refractivity contribution in [3.05, 3.63) is 58.8 Å². The van der Waals surface area contributed by atoms with Gasteiger partial charge in [0, 0.05) is 18.7 Å². The molecule has 1 aliphatic rings. The Kier molecular flexibility index (Phi) is 2.91. The molecular formula is C14H17N. The van der Waals surface area contributed by atoms with Crippen molar-refractivity contribution >= 4 is 0 Å². The van der Waals surface area contributed by atoms with Crippen LogP contribution in [0.2, 0.25) is 0 Å². The Labute approximate surface area is 91.5 Å². The summed E-state index contributed by atoms with van der Waals surface area (Å²) in [7, 11) is 0. The van der Waals surface area contributed by atoms with Gasteiger partial charge in [0.25, 0.3) is 0 Å². The highest BCUT2D eigenvalue weighted by atomic mass is 14.9. The molecule has 0 aliphatic carbocycles. The average molecular weight is 199 g/mol. The monoisotopic (exact) mass is 199 g/mol. The zero-order valence-corrected chi connectivity index (χ0v) is 9.38. The van der Waals surface area contributed by atoms with Gasteiger partial charge in [-0.2, -0.15) is 0 Å². The van der Waals surface area contributed by atoms with Crippen LogP contribution >= 0.6 is 0 Å². The Morgan fingerprint density at radius 3 is 2.40 bits per heavy atom. The summed E-state index contributed by atoms with van der Waals surface area (Å²) in [5.41, 5.74) is 5.39.